The summed E-state index contributed by atoms with van der Waals surface area (Å²) in [5.74, 6) is -9.39. The molecule has 21 nitrogen and oxygen atoms in total. The SMILES string of the molecule is CO[C@H]1/C=C/O[C@@]2(C)Oc3c(C)c(O)c4c(O)c(c(/C=N/Nc5ccc([N+](=O)[O-])cc5[N+](=O)[O-])c(O)c4c3C2=O)NC(=O)/C(C)=C\C=C\[C@H](C)[C@@H]2OC(C)(C)O[C@@H]([C@@H](C)[C@H](OC(C)=O)[C@@H]1C)[C@@H]2C. The van der Waals surface area contributed by atoms with Gasteiger partial charge in [0, 0.05) is 67.2 Å². The molecule has 5 N–H and O–H groups in total. The van der Waals surface area contributed by atoms with Gasteiger partial charge in [-0.05, 0) is 39.8 Å². The number of nitrogens with zero attached hydrogens (tertiary/aromatic N) is 3. The Hall–Kier alpha value is -7.10. The number of non-ortho nitro benzene ring substituents is 1. The molecule has 7 rings (SSSR count). The highest BCUT2D eigenvalue weighted by atomic mass is 16.7. The lowest BCUT2D eigenvalue weighted by Crippen LogP contribution is -2.56. The second kappa shape index (κ2) is 19.2. The molecule has 1 amide bonds. The Morgan fingerprint density at radius 3 is 2.24 bits per heavy atom. The number of nitro groups is 2. The number of carbonyl (C=O) groups is 3. The number of rotatable bonds is 7. The number of phenolic OH excluding ortho intramolecular Hbond substituents is 3. The average molecular weight is 946 g/mol. The average Bonchev–Trinajstić information content (AvgIpc) is 3.54. The molecular weight excluding hydrogens is 891 g/mol. The van der Waals surface area contributed by atoms with Crippen LogP contribution in [-0.4, -0.2) is 92.1 Å². The van der Waals surface area contributed by atoms with E-state index < -0.39 is 126 Å². The Balaban J connectivity index is 1.54. The zero-order valence-electron chi connectivity index (χ0n) is 39.3. The van der Waals surface area contributed by atoms with Gasteiger partial charge in [-0.3, -0.25) is 40.0 Å². The smallest absolute Gasteiger partial charge is 0.312 e. The van der Waals surface area contributed by atoms with Crippen LogP contribution in [0.15, 0.2) is 59.4 Å². The quantitative estimate of drug-likeness (QED) is 0.0377. The predicted octanol–water partition coefficient (Wildman–Crippen LogP) is 7.81. The van der Waals surface area contributed by atoms with E-state index in [-0.39, 0.29) is 40.0 Å². The summed E-state index contributed by atoms with van der Waals surface area (Å²) in [6.45, 7) is 16.7. The summed E-state index contributed by atoms with van der Waals surface area (Å²) in [5, 5.41) is 64.7. The molecule has 0 unspecified atom stereocenters. The highest BCUT2D eigenvalue weighted by Crippen LogP contribution is 2.55. The normalized spacial score (nSPS) is 29.1. The van der Waals surface area contributed by atoms with E-state index in [0.717, 1.165) is 18.3 Å². The van der Waals surface area contributed by atoms with E-state index in [9.17, 15) is 49.9 Å². The van der Waals surface area contributed by atoms with Crippen LogP contribution in [-0.2, 0) is 33.3 Å². The van der Waals surface area contributed by atoms with E-state index in [1.165, 1.54) is 53.2 Å². The number of anilines is 2. The Bertz CT molecular complexity index is 2690. The van der Waals surface area contributed by atoms with Crippen molar-refractivity contribution in [2.24, 2.45) is 28.8 Å². The van der Waals surface area contributed by atoms with Crippen molar-refractivity contribution in [1.29, 1.82) is 0 Å². The fraction of sp³-hybridized carbons (Fsp3) is 0.447. The van der Waals surface area contributed by atoms with Gasteiger partial charge in [-0.25, -0.2) is 0 Å². The van der Waals surface area contributed by atoms with Crippen LogP contribution in [0.3, 0.4) is 0 Å². The first-order chi connectivity index (χ1) is 31.8. The molecule has 0 aromatic heterocycles. The third-order valence-corrected chi connectivity index (χ3v) is 12.6. The van der Waals surface area contributed by atoms with E-state index >= 15 is 0 Å². The number of amides is 1. The van der Waals surface area contributed by atoms with Crippen LogP contribution in [0.25, 0.3) is 10.8 Å². The maximum absolute atomic E-state index is 14.6. The number of nitrogens with one attached hydrogen (secondary N) is 2. The van der Waals surface area contributed by atoms with Crippen LogP contribution >= 0.6 is 0 Å². The van der Waals surface area contributed by atoms with Crippen LogP contribution in [0.5, 0.6) is 23.0 Å². The molecule has 1 saturated heterocycles. The molecule has 0 saturated carbocycles. The minimum absolute atomic E-state index is 0.0472. The number of hydrogen-bond acceptors (Lipinski definition) is 18. The lowest BCUT2D eigenvalue weighted by atomic mass is 9.77. The maximum atomic E-state index is 14.6. The molecule has 0 radical (unpaired) electrons. The number of fused-ring (bicyclic) bond motifs is 10. The van der Waals surface area contributed by atoms with Crippen LogP contribution in [0, 0.1) is 50.8 Å². The largest absolute Gasteiger partial charge is 0.507 e. The second-order valence-electron chi connectivity index (χ2n) is 17.8. The number of hydrogen-bond donors (Lipinski definition) is 5. The summed E-state index contributed by atoms with van der Waals surface area (Å²) in [5.41, 5.74) is -0.429. The van der Waals surface area contributed by atoms with Crippen LogP contribution in [0.4, 0.5) is 22.7 Å². The van der Waals surface area contributed by atoms with Crippen molar-refractivity contribution in [1.82, 2.24) is 0 Å². The fourth-order valence-corrected chi connectivity index (χ4v) is 9.00. The number of benzene rings is 3. The third-order valence-electron chi connectivity index (χ3n) is 12.6. The Morgan fingerprint density at radius 1 is 0.926 bits per heavy atom. The molecule has 4 aliphatic heterocycles. The van der Waals surface area contributed by atoms with Crippen LogP contribution in [0.2, 0.25) is 0 Å². The first kappa shape index (κ1) is 50.3. The highest BCUT2D eigenvalue weighted by Gasteiger charge is 2.51. The van der Waals surface area contributed by atoms with E-state index in [2.05, 4.69) is 15.8 Å². The summed E-state index contributed by atoms with van der Waals surface area (Å²) in [7, 11) is 1.45. The lowest BCUT2D eigenvalue weighted by molar-refractivity contribution is -0.393. The molecule has 1 fully saturated rings. The molecule has 9 atom stereocenters. The molecular formula is C47H55N5O16. The second-order valence-corrected chi connectivity index (χ2v) is 17.8. The standard InChI is InChI=1S/C47H55N5O16/c1-21-13-12-14-22(2)45(58)49-36-29(20-48-50-30-16-15-28(51(59)60)19-31(30)52(61)62)38(55)33-34(39(36)56)37(54)24(4)43-35(33)44(57)47(10,68-43)64-18-17-32(63-11)23(3)41(65-27(7)53)26(6)42-25(5)40(21)66-46(8,9)67-42/h12-21,23,25-26,32,40-42,50,54-56H,1-11H3,(H,49,58)/b13-12+,18-17+,22-14-,48-20+/t21-,23+,25+,26-,32-,40-,41+,42+,47-/m0/s1. The molecule has 364 valence electrons. The van der Waals surface area contributed by atoms with Crippen molar-refractivity contribution in [3.05, 3.63) is 91.3 Å². The van der Waals surface area contributed by atoms with Crippen molar-refractivity contribution < 1.29 is 68.0 Å². The minimum Gasteiger partial charge on any atom is -0.507 e. The Kier molecular flexibility index (Phi) is 14.2. The van der Waals surface area contributed by atoms with Gasteiger partial charge in [0.1, 0.15) is 29.0 Å². The van der Waals surface area contributed by atoms with Crippen molar-refractivity contribution in [3.8, 4) is 23.0 Å². The highest BCUT2D eigenvalue weighted by molar-refractivity contribution is 6.24. The number of ketones is 1. The van der Waals surface area contributed by atoms with Crippen molar-refractivity contribution in [2.75, 3.05) is 17.9 Å². The topological polar surface area (TPSA) is 290 Å². The van der Waals surface area contributed by atoms with Gasteiger partial charge < -0.3 is 49.1 Å². The zero-order chi connectivity index (χ0) is 50.3. The number of esters is 1. The van der Waals surface area contributed by atoms with Crippen LogP contribution in [0.1, 0.15) is 83.8 Å². The van der Waals surface area contributed by atoms with Gasteiger partial charge >= 0.3 is 17.4 Å². The van der Waals surface area contributed by atoms with Gasteiger partial charge in [0.25, 0.3) is 17.4 Å². The lowest BCUT2D eigenvalue weighted by Gasteiger charge is -2.50. The number of carbonyl (C=O) groups excluding carboxylic acids is 3. The number of Topliss-reactive ketones (excluding diaryl/α,β-unsaturated/α-hetero) is 1. The summed E-state index contributed by atoms with van der Waals surface area (Å²) >= 11 is 0. The summed E-state index contributed by atoms with van der Waals surface area (Å²) in [4.78, 5) is 62.7. The van der Waals surface area contributed by atoms with Crippen molar-refractivity contribution in [2.45, 2.75) is 105 Å². The molecule has 0 spiro atoms. The van der Waals surface area contributed by atoms with Gasteiger partial charge in [0.2, 0.25) is 0 Å². The van der Waals surface area contributed by atoms with Crippen LogP contribution < -0.4 is 15.5 Å². The Morgan fingerprint density at radius 2 is 1.60 bits per heavy atom. The Labute approximate surface area is 390 Å². The molecule has 4 aliphatic rings. The number of ether oxygens (including phenoxy) is 6. The third kappa shape index (κ3) is 9.54. The monoisotopic (exact) mass is 945 g/mol. The summed E-state index contributed by atoms with van der Waals surface area (Å²) in [6, 6.07) is 2.74. The first-order valence-corrected chi connectivity index (χ1v) is 21.6. The van der Waals surface area contributed by atoms with Crippen molar-refractivity contribution >= 4 is 57.4 Å². The van der Waals surface area contributed by atoms with Gasteiger partial charge in [-0.2, -0.15) is 5.10 Å². The number of phenols is 3. The van der Waals surface area contributed by atoms with Crippen molar-refractivity contribution in [3.63, 3.8) is 0 Å². The van der Waals surface area contributed by atoms with Gasteiger partial charge in [0.15, 0.2) is 11.5 Å². The van der Waals surface area contributed by atoms with E-state index in [4.69, 9.17) is 28.4 Å². The summed E-state index contributed by atoms with van der Waals surface area (Å²) in [6.07, 6.45) is 6.08. The van der Waals surface area contributed by atoms with E-state index in [0.29, 0.717) is 6.07 Å². The summed E-state index contributed by atoms with van der Waals surface area (Å²) < 4.78 is 37.0. The predicted molar refractivity (Wildman–Crippen MR) is 247 cm³/mol. The molecule has 3 aromatic rings. The molecule has 68 heavy (non-hydrogen) atoms. The minimum atomic E-state index is -2.15. The van der Waals surface area contributed by atoms with E-state index in [1.807, 2.05) is 33.8 Å². The fourth-order valence-electron chi connectivity index (χ4n) is 9.00. The van der Waals surface area contributed by atoms with Gasteiger partial charge in [-0.1, -0.05) is 45.9 Å². The maximum Gasteiger partial charge on any atom is 0.312 e. The molecule has 0 aliphatic carbocycles. The molecule has 3 aromatic carbocycles. The number of aromatic hydroxyl groups is 3. The molecule has 7 bridgehead atoms. The molecule has 21 heteroatoms. The van der Waals surface area contributed by atoms with E-state index in [1.54, 1.807) is 19.9 Å². The first-order valence-electron chi connectivity index (χ1n) is 21.6. The number of methoxy groups -OCH3 is 1. The number of nitro benzene ring substituents is 2. The van der Waals surface area contributed by atoms with Gasteiger partial charge in [0.05, 0.1) is 68.9 Å². The molecule has 4 heterocycles. The zero-order valence-corrected chi connectivity index (χ0v) is 39.3. The van der Waals surface area contributed by atoms with Gasteiger partial charge in [-0.15, -0.1) is 0 Å². The number of hydrazone groups is 1. The number of allylic oxidation sites excluding steroid dienone is 2.